The number of carbonyl (C=O) groups excluding carboxylic acids is 2. The predicted octanol–water partition coefficient (Wildman–Crippen LogP) is 7.43. The van der Waals surface area contributed by atoms with E-state index in [1.54, 1.807) is 60.7 Å². The van der Waals surface area contributed by atoms with Crippen LogP contribution in [0.3, 0.4) is 0 Å². The molecule has 1 fully saturated rings. The summed E-state index contributed by atoms with van der Waals surface area (Å²) < 4.78 is -1.30. The minimum absolute atomic E-state index is 0.323. The fourth-order valence-electron chi connectivity index (χ4n) is 3.53. The zero-order chi connectivity index (χ0) is 23.0. The molecule has 3 aromatic rings. The predicted molar refractivity (Wildman–Crippen MR) is 132 cm³/mol. The number of rotatable bonds is 5. The van der Waals surface area contributed by atoms with E-state index < -0.39 is 16.2 Å². The van der Waals surface area contributed by atoms with E-state index in [0.717, 1.165) is 0 Å². The molecule has 0 spiro atoms. The van der Waals surface area contributed by atoms with Crippen molar-refractivity contribution < 1.29 is 9.59 Å². The van der Waals surface area contributed by atoms with Gasteiger partial charge >= 0.3 is 0 Å². The number of amides is 2. The number of halogens is 5. The Morgan fingerprint density at radius 1 is 0.812 bits per heavy atom. The smallest absolute Gasteiger partial charge is 0.255 e. The van der Waals surface area contributed by atoms with Crippen LogP contribution in [0.2, 0.25) is 15.1 Å². The number of nitrogens with one attached hydrogen (secondary N) is 2. The van der Waals surface area contributed by atoms with Crippen molar-refractivity contribution in [2.45, 2.75) is 10.3 Å². The first-order valence-electron chi connectivity index (χ1n) is 9.47. The Bertz CT molecular complexity index is 1180. The zero-order valence-electron chi connectivity index (χ0n) is 16.2. The molecular formula is C23H15Cl5N2O2. The maximum atomic E-state index is 12.9. The third-order valence-electron chi connectivity index (χ3n) is 5.10. The highest BCUT2D eigenvalue weighted by atomic mass is 35.5. The number of benzene rings is 3. The summed E-state index contributed by atoms with van der Waals surface area (Å²) >= 11 is 31.2. The van der Waals surface area contributed by atoms with Gasteiger partial charge in [0, 0.05) is 27.2 Å². The second-order valence-corrected chi connectivity index (χ2v) is 10.1. The Morgan fingerprint density at radius 3 is 2.12 bits per heavy atom. The van der Waals surface area contributed by atoms with Crippen molar-refractivity contribution in [2.24, 2.45) is 5.92 Å². The summed E-state index contributed by atoms with van der Waals surface area (Å²) in [6, 6.07) is 18.4. The minimum Gasteiger partial charge on any atom is -0.326 e. The molecule has 32 heavy (non-hydrogen) atoms. The van der Waals surface area contributed by atoms with E-state index in [4.69, 9.17) is 58.0 Å². The lowest BCUT2D eigenvalue weighted by atomic mass is 10.1. The van der Waals surface area contributed by atoms with E-state index in [2.05, 4.69) is 10.6 Å². The highest BCUT2D eigenvalue weighted by Gasteiger charge is 2.67. The number of hydrogen-bond acceptors (Lipinski definition) is 2. The summed E-state index contributed by atoms with van der Waals surface area (Å²) in [6.07, 6.45) is 0. The van der Waals surface area contributed by atoms with Crippen LogP contribution < -0.4 is 10.6 Å². The Kier molecular flexibility index (Phi) is 6.62. The Balaban J connectivity index is 1.50. The molecule has 2 atom stereocenters. The van der Waals surface area contributed by atoms with Crippen molar-refractivity contribution in [1.82, 2.24) is 0 Å². The number of anilines is 2. The Morgan fingerprint density at radius 2 is 1.47 bits per heavy atom. The quantitative estimate of drug-likeness (QED) is 0.339. The molecule has 9 heteroatoms. The van der Waals surface area contributed by atoms with Gasteiger partial charge in [-0.3, -0.25) is 9.59 Å². The van der Waals surface area contributed by atoms with Crippen LogP contribution in [-0.4, -0.2) is 16.1 Å². The van der Waals surface area contributed by atoms with Gasteiger partial charge in [-0.1, -0.05) is 53.0 Å². The molecule has 0 heterocycles. The number of alkyl halides is 2. The number of hydrogen-bond donors (Lipinski definition) is 2. The van der Waals surface area contributed by atoms with Gasteiger partial charge in [-0.25, -0.2) is 0 Å². The molecule has 4 rings (SSSR count). The first-order valence-corrected chi connectivity index (χ1v) is 11.4. The molecule has 3 aromatic carbocycles. The molecule has 164 valence electrons. The molecule has 0 radical (unpaired) electrons. The van der Waals surface area contributed by atoms with E-state index in [9.17, 15) is 9.59 Å². The standard InChI is InChI=1S/C23H15Cl5N2O2/c24-14-8-13(9-15(25)10-14)19-20(23(19,27)28)22(32)29-16-6-7-17(26)18(11-16)30-21(31)12-4-2-1-3-5-12/h1-11,19-20H,(H,29,32)(H,30,31)/t19-,20+/m0/s1. The van der Waals surface area contributed by atoms with Gasteiger partial charge in [0.1, 0.15) is 4.33 Å². The van der Waals surface area contributed by atoms with Gasteiger partial charge in [0.05, 0.1) is 16.6 Å². The lowest BCUT2D eigenvalue weighted by Crippen LogP contribution is -2.17. The molecule has 1 aliphatic rings. The largest absolute Gasteiger partial charge is 0.326 e. The molecule has 0 aliphatic heterocycles. The lowest BCUT2D eigenvalue weighted by molar-refractivity contribution is -0.117. The maximum Gasteiger partial charge on any atom is 0.255 e. The van der Waals surface area contributed by atoms with Crippen LogP contribution in [0.25, 0.3) is 0 Å². The van der Waals surface area contributed by atoms with Crippen molar-refractivity contribution in [3.8, 4) is 0 Å². The summed E-state index contributed by atoms with van der Waals surface area (Å²) in [4.78, 5) is 25.4. The Hall–Kier alpha value is -1.95. The summed E-state index contributed by atoms with van der Waals surface area (Å²) in [5, 5.41) is 6.72. The summed E-state index contributed by atoms with van der Waals surface area (Å²) in [7, 11) is 0. The summed E-state index contributed by atoms with van der Waals surface area (Å²) in [5.41, 5.74) is 1.95. The van der Waals surface area contributed by atoms with Crippen LogP contribution in [0.5, 0.6) is 0 Å². The van der Waals surface area contributed by atoms with E-state index in [0.29, 0.717) is 37.6 Å². The van der Waals surface area contributed by atoms with E-state index in [-0.39, 0.29) is 11.8 Å². The number of carbonyl (C=O) groups is 2. The second-order valence-electron chi connectivity index (χ2n) is 7.34. The third-order valence-corrected chi connectivity index (χ3v) is 6.80. The molecule has 2 amide bonds. The first-order chi connectivity index (χ1) is 15.2. The fourth-order valence-corrected chi connectivity index (χ4v) is 5.06. The summed E-state index contributed by atoms with van der Waals surface area (Å²) in [5.74, 6) is -1.87. The van der Waals surface area contributed by atoms with Gasteiger partial charge in [0.25, 0.3) is 5.91 Å². The van der Waals surface area contributed by atoms with Gasteiger partial charge in [-0.05, 0) is 54.1 Å². The van der Waals surface area contributed by atoms with Gasteiger partial charge in [-0.2, -0.15) is 0 Å². The summed E-state index contributed by atoms with van der Waals surface area (Å²) in [6.45, 7) is 0. The van der Waals surface area contributed by atoms with E-state index >= 15 is 0 Å². The van der Waals surface area contributed by atoms with Crippen molar-refractivity contribution in [3.63, 3.8) is 0 Å². The molecule has 0 saturated heterocycles. The van der Waals surface area contributed by atoms with Gasteiger partial charge in [0.15, 0.2) is 0 Å². The third kappa shape index (κ3) is 4.85. The Labute approximate surface area is 209 Å². The van der Waals surface area contributed by atoms with Crippen LogP contribution in [0.1, 0.15) is 21.8 Å². The van der Waals surface area contributed by atoms with Crippen LogP contribution in [0.15, 0.2) is 66.7 Å². The average molecular weight is 529 g/mol. The van der Waals surface area contributed by atoms with Crippen LogP contribution >= 0.6 is 58.0 Å². The first kappa shape index (κ1) is 23.2. The van der Waals surface area contributed by atoms with E-state index in [1.807, 2.05) is 6.07 Å². The van der Waals surface area contributed by atoms with Crippen molar-refractivity contribution in [2.75, 3.05) is 10.6 Å². The molecule has 0 aromatic heterocycles. The van der Waals surface area contributed by atoms with Crippen LogP contribution in [0.4, 0.5) is 11.4 Å². The van der Waals surface area contributed by atoms with Crippen LogP contribution in [-0.2, 0) is 4.79 Å². The minimum atomic E-state index is -1.30. The van der Waals surface area contributed by atoms with Gasteiger partial charge in [-0.15, -0.1) is 23.2 Å². The van der Waals surface area contributed by atoms with Gasteiger partial charge in [0.2, 0.25) is 5.91 Å². The van der Waals surface area contributed by atoms with E-state index in [1.165, 1.54) is 0 Å². The SMILES string of the molecule is O=C(Nc1cc(NC(=O)[C@H]2[C@H](c3cc(Cl)cc(Cl)c3)C2(Cl)Cl)ccc1Cl)c1ccccc1. The highest BCUT2D eigenvalue weighted by molar-refractivity contribution is 6.53. The molecule has 1 saturated carbocycles. The van der Waals surface area contributed by atoms with Gasteiger partial charge < -0.3 is 10.6 Å². The maximum absolute atomic E-state index is 12.9. The molecule has 1 aliphatic carbocycles. The fraction of sp³-hybridized carbons (Fsp3) is 0.130. The molecule has 4 nitrogen and oxygen atoms in total. The highest BCUT2D eigenvalue weighted by Crippen LogP contribution is 2.65. The van der Waals surface area contributed by atoms with Crippen molar-refractivity contribution in [3.05, 3.63) is 92.9 Å². The lowest BCUT2D eigenvalue weighted by Gasteiger charge is -2.11. The van der Waals surface area contributed by atoms with Crippen molar-refractivity contribution >= 4 is 81.2 Å². The normalized spacial score (nSPS) is 18.7. The molecule has 2 N–H and O–H groups in total. The average Bonchev–Trinajstić information content (AvgIpc) is 3.32. The monoisotopic (exact) mass is 526 g/mol. The second kappa shape index (κ2) is 9.12. The molecule has 0 unspecified atom stereocenters. The van der Waals surface area contributed by atoms with Crippen molar-refractivity contribution in [1.29, 1.82) is 0 Å². The van der Waals surface area contributed by atoms with Crippen LogP contribution in [0, 0.1) is 5.92 Å². The topological polar surface area (TPSA) is 58.2 Å². The molecular weight excluding hydrogens is 514 g/mol. The zero-order valence-corrected chi connectivity index (χ0v) is 20.0. The molecule has 0 bridgehead atoms.